The summed E-state index contributed by atoms with van der Waals surface area (Å²) in [6.45, 7) is 0. The van der Waals surface area contributed by atoms with E-state index in [9.17, 15) is 14.0 Å². The molecule has 0 atom stereocenters. The van der Waals surface area contributed by atoms with Gasteiger partial charge in [-0.25, -0.2) is 9.18 Å². The zero-order valence-electron chi connectivity index (χ0n) is 14.2. The number of hydrogen-bond acceptors (Lipinski definition) is 3. The Labute approximate surface area is 150 Å². The summed E-state index contributed by atoms with van der Waals surface area (Å²) in [6, 6.07) is 11.7. The third-order valence-electron chi connectivity index (χ3n) is 4.39. The Kier molecular flexibility index (Phi) is 5.02. The van der Waals surface area contributed by atoms with Crippen LogP contribution in [0.1, 0.15) is 19.3 Å². The lowest BCUT2D eigenvalue weighted by molar-refractivity contribution is -0.133. The maximum Gasteiger partial charge on any atom is 0.332 e. The van der Waals surface area contributed by atoms with Crippen molar-refractivity contribution < 1.29 is 23.8 Å². The molecule has 26 heavy (non-hydrogen) atoms. The molecule has 0 heterocycles. The number of aliphatic carboxylic acids is 1. The van der Waals surface area contributed by atoms with E-state index in [1.54, 1.807) is 19.2 Å². The Morgan fingerprint density at radius 2 is 1.85 bits per heavy atom. The third-order valence-corrected chi connectivity index (χ3v) is 4.39. The number of carbonyl (C=O) groups excluding carboxylic acids is 1. The highest BCUT2D eigenvalue weighted by Crippen LogP contribution is 2.32. The molecule has 1 aliphatic rings. The highest BCUT2D eigenvalue weighted by molar-refractivity contribution is 6.09. The van der Waals surface area contributed by atoms with Crippen molar-refractivity contribution in [3.63, 3.8) is 0 Å². The molecule has 0 radical (unpaired) electrons. The second kappa shape index (κ2) is 7.39. The van der Waals surface area contributed by atoms with Crippen molar-refractivity contribution in [2.24, 2.45) is 0 Å². The summed E-state index contributed by atoms with van der Waals surface area (Å²) in [5.74, 6) is -1.65. The number of para-hydroxylation sites is 1. The van der Waals surface area contributed by atoms with Crippen LogP contribution >= 0.6 is 0 Å². The fraction of sp³-hybridized carbons (Fsp3) is 0.200. The van der Waals surface area contributed by atoms with E-state index in [1.165, 1.54) is 12.1 Å². The maximum absolute atomic E-state index is 14.5. The van der Waals surface area contributed by atoms with E-state index in [2.05, 4.69) is 5.32 Å². The van der Waals surface area contributed by atoms with E-state index in [-0.39, 0.29) is 16.8 Å². The summed E-state index contributed by atoms with van der Waals surface area (Å²) in [7, 11) is 1.54. The molecular formula is C20H18FNO4. The van der Waals surface area contributed by atoms with Crippen LogP contribution in [-0.4, -0.2) is 24.1 Å². The number of rotatable bonds is 5. The van der Waals surface area contributed by atoms with Gasteiger partial charge in [0, 0.05) is 16.7 Å². The topological polar surface area (TPSA) is 75.6 Å². The first-order valence-electron chi connectivity index (χ1n) is 8.21. The number of carboxylic acids is 1. The minimum Gasteiger partial charge on any atom is -0.496 e. The maximum atomic E-state index is 14.5. The number of halogens is 1. The molecule has 0 fully saturated rings. The highest BCUT2D eigenvalue weighted by Gasteiger charge is 2.25. The van der Waals surface area contributed by atoms with Gasteiger partial charge < -0.3 is 15.2 Å². The first-order chi connectivity index (χ1) is 12.5. The lowest BCUT2D eigenvalue weighted by atomic mass is 10.0. The molecule has 0 aliphatic heterocycles. The van der Waals surface area contributed by atoms with E-state index < -0.39 is 17.7 Å². The lowest BCUT2D eigenvalue weighted by Gasteiger charge is -2.11. The number of carboxylic acid groups (broad SMARTS) is 1. The summed E-state index contributed by atoms with van der Waals surface area (Å²) < 4.78 is 19.8. The zero-order valence-corrected chi connectivity index (χ0v) is 14.2. The second-order valence-corrected chi connectivity index (χ2v) is 5.96. The van der Waals surface area contributed by atoms with Crippen LogP contribution in [0, 0.1) is 5.82 Å². The first kappa shape index (κ1) is 17.7. The number of amides is 1. The van der Waals surface area contributed by atoms with Crippen LogP contribution in [0.4, 0.5) is 10.1 Å². The van der Waals surface area contributed by atoms with Gasteiger partial charge in [0.05, 0.1) is 12.8 Å². The number of methoxy groups -OCH3 is 1. The van der Waals surface area contributed by atoms with Crippen molar-refractivity contribution >= 4 is 17.6 Å². The number of hydrogen-bond donors (Lipinski definition) is 2. The molecule has 0 saturated carbocycles. The fourth-order valence-corrected chi connectivity index (χ4v) is 3.10. The molecule has 0 bridgehead atoms. The van der Waals surface area contributed by atoms with Crippen molar-refractivity contribution in [1.29, 1.82) is 0 Å². The number of benzene rings is 2. The molecule has 2 N–H and O–H groups in total. The van der Waals surface area contributed by atoms with E-state index in [0.717, 1.165) is 5.56 Å². The zero-order chi connectivity index (χ0) is 18.7. The van der Waals surface area contributed by atoms with Gasteiger partial charge in [-0.3, -0.25) is 4.79 Å². The van der Waals surface area contributed by atoms with Gasteiger partial charge in [-0.2, -0.15) is 0 Å². The fourth-order valence-electron chi connectivity index (χ4n) is 3.10. The van der Waals surface area contributed by atoms with Crippen molar-refractivity contribution in [3.8, 4) is 16.9 Å². The van der Waals surface area contributed by atoms with E-state index in [4.69, 9.17) is 9.84 Å². The highest BCUT2D eigenvalue weighted by atomic mass is 19.1. The molecular weight excluding hydrogens is 337 g/mol. The Hall–Kier alpha value is -3.15. The molecule has 3 rings (SSSR count). The quantitative estimate of drug-likeness (QED) is 0.850. The molecule has 134 valence electrons. The van der Waals surface area contributed by atoms with Crippen molar-refractivity contribution in [1.82, 2.24) is 0 Å². The van der Waals surface area contributed by atoms with Crippen LogP contribution in [0.2, 0.25) is 0 Å². The molecule has 2 aromatic rings. The molecule has 5 nitrogen and oxygen atoms in total. The van der Waals surface area contributed by atoms with Gasteiger partial charge in [0.1, 0.15) is 11.6 Å². The minimum absolute atomic E-state index is 0.0118. The Bertz CT molecular complexity index is 904. The summed E-state index contributed by atoms with van der Waals surface area (Å²) in [5, 5.41) is 11.6. The Morgan fingerprint density at radius 3 is 2.54 bits per heavy atom. The molecule has 0 spiro atoms. The number of nitrogens with one attached hydrogen (secondary N) is 1. The average molecular weight is 355 g/mol. The molecule has 1 aliphatic carbocycles. The first-order valence-corrected chi connectivity index (χ1v) is 8.21. The average Bonchev–Trinajstić information content (AvgIpc) is 3.13. The van der Waals surface area contributed by atoms with Crippen molar-refractivity contribution in [3.05, 3.63) is 59.4 Å². The third kappa shape index (κ3) is 3.44. The molecule has 1 amide bonds. The van der Waals surface area contributed by atoms with Crippen LogP contribution in [-0.2, 0) is 9.59 Å². The van der Waals surface area contributed by atoms with Crippen LogP contribution in [0.3, 0.4) is 0 Å². The smallest absolute Gasteiger partial charge is 0.332 e. The molecule has 0 unspecified atom stereocenters. The Balaban J connectivity index is 1.86. The van der Waals surface area contributed by atoms with Crippen molar-refractivity contribution in [2.75, 3.05) is 12.4 Å². The molecule has 2 aromatic carbocycles. The molecule has 0 aromatic heterocycles. The normalized spacial score (nSPS) is 13.6. The number of anilines is 1. The predicted molar refractivity (Wildman–Crippen MR) is 95.5 cm³/mol. The van der Waals surface area contributed by atoms with Crippen LogP contribution in [0.15, 0.2) is 53.6 Å². The lowest BCUT2D eigenvalue weighted by Crippen LogP contribution is -2.17. The standard InChI is InChI=1S/C20H18FNO4/c1-26-18-8-3-2-5-13(18)12-9-10-17(16(21)11-12)22-19(23)14-6-4-7-15(14)20(24)25/h2-3,5,8-11H,4,6-7H2,1H3,(H,22,23)(H,24,25). The van der Waals surface area contributed by atoms with Gasteiger partial charge in [-0.05, 0) is 43.0 Å². The summed E-state index contributed by atoms with van der Waals surface area (Å²) in [6.07, 6.45) is 1.35. The minimum atomic E-state index is -1.10. The molecule has 6 heteroatoms. The van der Waals surface area contributed by atoms with Gasteiger partial charge >= 0.3 is 5.97 Å². The summed E-state index contributed by atoms with van der Waals surface area (Å²) in [5.41, 5.74) is 1.68. The largest absolute Gasteiger partial charge is 0.496 e. The SMILES string of the molecule is COc1ccccc1-c1ccc(NC(=O)C2=C(C(=O)O)CCC2)c(F)c1. The van der Waals surface area contributed by atoms with Crippen LogP contribution in [0.5, 0.6) is 5.75 Å². The number of ether oxygens (including phenoxy) is 1. The molecule has 0 saturated heterocycles. The summed E-state index contributed by atoms with van der Waals surface area (Å²) in [4.78, 5) is 23.5. The van der Waals surface area contributed by atoms with Crippen LogP contribution < -0.4 is 10.1 Å². The predicted octanol–water partition coefficient (Wildman–Crippen LogP) is 4.00. The van der Waals surface area contributed by atoms with Gasteiger partial charge in [0.25, 0.3) is 5.91 Å². The van der Waals surface area contributed by atoms with Gasteiger partial charge in [0.2, 0.25) is 0 Å². The summed E-state index contributed by atoms with van der Waals surface area (Å²) >= 11 is 0. The number of carbonyl (C=O) groups is 2. The Morgan fingerprint density at radius 1 is 1.12 bits per heavy atom. The van der Waals surface area contributed by atoms with Gasteiger partial charge in [0.15, 0.2) is 0 Å². The van der Waals surface area contributed by atoms with Crippen molar-refractivity contribution in [2.45, 2.75) is 19.3 Å². The van der Waals surface area contributed by atoms with Crippen LogP contribution in [0.25, 0.3) is 11.1 Å². The van der Waals surface area contributed by atoms with E-state index in [0.29, 0.717) is 30.6 Å². The van der Waals surface area contributed by atoms with E-state index in [1.807, 2.05) is 18.2 Å². The second-order valence-electron chi connectivity index (χ2n) is 5.96. The van der Waals surface area contributed by atoms with Gasteiger partial charge in [-0.15, -0.1) is 0 Å². The monoisotopic (exact) mass is 355 g/mol. The van der Waals surface area contributed by atoms with Gasteiger partial charge in [-0.1, -0.05) is 24.3 Å². The van der Waals surface area contributed by atoms with E-state index >= 15 is 0 Å².